The van der Waals surface area contributed by atoms with Gasteiger partial charge >= 0.3 is 5.97 Å². The fraction of sp³-hybridized carbons (Fsp3) is 0.933. The van der Waals surface area contributed by atoms with Gasteiger partial charge in [-0.25, -0.2) is 0 Å². The standard InChI is InChI=1S/C15H30N2O2/c1-5-16-15(4,14(18)19)9-7-11-17-10-6-8-12(2)13(17)3/h12-13,16H,5-11H2,1-4H3,(H,18,19). The minimum absolute atomic E-state index is 0.629. The molecule has 1 heterocycles. The maximum absolute atomic E-state index is 11.3. The molecule has 19 heavy (non-hydrogen) atoms. The number of aliphatic carboxylic acids is 1. The zero-order valence-corrected chi connectivity index (χ0v) is 12.9. The number of nitrogens with one attached hydrogen (secondary N) is 1. The van der Waals surface area contributed by atoms with Crippen molar-refractivity contribution in [3.05, 3.63) is 0 Å². The molecule has 1 fully saturated rings. The molecule has 4 nitrogen and oxygen atoms in total. The average Bonchev–Trinajstić information content (AvgIpc) is 2.34. The number of carboxylic acid groups (broad SMARTS) is 1. The van der Waals surface area contributed by atoms with Gasteiger partial charge < -0.3 is 15.3 Å². The van der Waals surface area contributed by atoms with Crippen LogP contribution in [0.5, 0.6) is 0 Å². The number of carbonyl (C=O) groups is 1. The quantitative estimate of drug-likeness (QED) is 0.745. The highest BCUT2D eigenvalue weighted by Gasteiger charge is 2.32. The molecule has 112 valence electrons. The van der Waals surface area contributed by atoms with Gasteiger partial charge in [0.15, 0.2) is 0 Å². The Morgan fingerprint density at radius 3 is 2.74 bits per heavy atom. The zero-order chi connectivity index (χ0) is 14.5. The van der Waals surface area contributed by atoms with Crippen LogP contribution in [-0.4, -0.2) is 47.2 Å². The summed E-state index contributed by atoms with van der Waals surface area (Å²) in [5.74, 6) is 0.0165. The van der Waals surface area contributed by atoms with Crippen LogP contribution in [0.25, 0.3) is 0 Å². The van der Waals surface area contributed by atoms with Gasteiger partial charge in [0.25, 0.3) is 0 Å². The van der Waals surface area contributed by atoms with Crippen LogP contribution < -0.4 is 5.32 Å². The van der Waals surface area contributed by atoms with Gasteiger partial charge in [-0.2, -0.15) is 0 Å². The third kappa shape index (κ3) is 4.46. The second-order valence-electron chi connectivity index (χ2n) is 6.17. The monoisotopic (exact) mass is 270 g/mol. The SMILES string of the molecule is CCNC(C)(CCCN1CCCC(C)C1C)C(=O)O. The van der Waals surface area contributed by atoms with Crippen molar-refractivity contribution in [1.82, 2.24) is 10.2 Å². The van der Waals surface area contributed by atoms with Crippen LogP contribution in [0.1, 0.15) is 53.4 Å². The average molecular weight is 270 g/mol. The summed E-state index contributed by atoms with van der Waals surface area (Å²) in [5, 5.41) is 12.4. The molecule has 0 amide bonds. The molecule has 2 N–H and O–H groups in total. The Morgan fingerprint density at radius 2 is 2.16 bits per heavy atom. The second kappa shape index (κ2) is 7.25. The van der Waals surface area contributed by atoms with Gasteiger partial charge in [0, 0.05) is 6.04 Å². The largest absolute Gasteiger partial charge is 0.480 e. The summed E-state index contributed by atoms with van der Waals surface area (Å²) in [5.41, 5.74) is -0.778. The van der Waals surface area contributed by atoms with Crippen LogP contribution >= 0.6 is 0 Å². The lowest BCUT2D eigenvalue weighted by molar-refractivity contribution is -0.144. The molecule has 3 unspecified atom stereocenters. The van der Waals surface area contributed by atoms with E-state index in [0.717, 1.165) is 25.4 Å². The lowest BCUT2D eigenvalue weighted by atomic mass is 9.91. The first-order valence-electron chi connectivity index (χ1n) is 7.63. The Bertz CT molecular complexity index is 296. The number of rotatable bonds is 7. The van der Waals surface area contributed by atoms with Crippen LogP contribution in [0.4, 0.5) is 0 Å². The number of carboxylic acids is 1. The smallest absolute Gasteiger partial charge is 0.323 e. The molecule has 0 bridgehead atoms. The van der Waals surface area contributed by atoms with Gasteiger partial charge in [-0.3, -0.25) is 4.79 Å². The van der Waals surface area contributed by atoms with Crippen LogP contribution in [0, 0.1) is 5.92 Å². The number of likely N-dealkylation sites (N-methyl/N-ethyl adjacent to an activating group) is 1. The van der Waals surface area contributed by atoms with E-state index in [-0.39, 0.29) is 0 Å². The van der Waals surface area contributed by atoms with E-state index < -0.39 is 11.5 Å². The highest BCUT2D eigenvalue weighted by molar-refractivity contribution is 5.78. The van der Waals surface area contributed by atoms with E-state index in [0.29, 0.717) is 19.0 Å². The van der Waals surface area contributed by atoms with Crippen molar-refractivity contribution in [2.24, 2.45) is 5.92 Å². The van der Waals surface area contributed by atoms with E-state index in [1.807, 2.05) is 6.92 Å². The Morgan fingerprint density at radius 1 is 1.47 bits per heavy atom. The van der Waals surface area contributed by atoms with Gasteiger partial charge in [0.05, 0.1) is 0 Å². The van der Waals surface area contributed by atoms with E-state index in [1.165, 1.54) is 12.8 Å². The third-order valence-electron chi connectivity index (χ3n) is 4.67. The second-order valence-corrected chi connectivity index (χ2v) is 6.17. The fourth-order valence-corrected chi connectivity index (χ4v) is 3.03. The predicted octanol–water partition coefficient (Wildman–Crippen LogP) is 2.34. The first-order chi connectivity index (χ1) is 8.90. The van der Waals surface area contributed by atoms with Crippen LogP contribution in [0.2, 0.25) is 0 Å². The van der Waals surface area contributed by atoms with Gasteiger partial charge in [-0.15, -0.1) is 0 Å². The van der Waals surface area contributed by atoms with Crippen molar-refractivity contribution in [2.75, 3.05) is 19.6 Å². The first-order valence-corrected chi connectivity index (χ1v) is 7.63. The molecule has 1 saturated heterocycles. The zero-order valence-electron chi connectivity index (χ0n) is 12.9. The van der Waals surface area contributed by atoms with Crippen LogP contribution in [0.3, 0.4) is 0 Å². The number of hydrogen-bond donors (Lipinski definition) is 2. The Kier molecular flexibility index (Phi) is 6.27. The van der Waals surface area contributed by atoms with Gasteiger partial charge in [0.1, 0.15) is 5.54 Å². The van der Waals surface area contributed by atoms with E-state index in [4.69, 9.17) is 0 Å². The van der Waals surface area contributed by atoms with Crippen LogP contribution in [-0.2, 0) is 4.79 Å². The third-order valence-corrected chi connectivity index (χ3v) is 4.67. The van der Waals surface area contributed by atoms with Crippen molar-refractivity contribution in [3.63, 3.8) is 0 Å². The minimum atomic E-state index is -0.778. The number of nitrogens with zero attached hydrogens (tertiary/aromatic N) is 1. The summed E-state index contributed by atoms with van der Waals surface area (Å²) in [4.78, 5) is 13.8. The summed E-state index contributed by atoms with van der Waals surface area (Å²) in [6.45, 7) is 11.2. The molecule has 1 rings (SSSR count). The molecule has 0 radical (unpaired) electrons. The van der Waals surface area contributed by atoms with E-state index >= 15 is 0 Å². The van der Waals surface area contributed by atoms with Crippen molar-refractivity contribution >= 4 is 5.97 Å². The summed E-state index contributed by atoms with van der Waals surface area (Å²) < 4.78 is 0. The number of hydrogen-bond acceptors (Lipinski definition) is 3. The molecular weight excluding hydrogens is 240 g/mol. The summed E-state index contributed by atoms with van der Waals surface area (Å²) in [7, 11) is 0. The van der Waals surface area contributed by atoms with E-state index in [1.54, 1.807) is 6.92 Å². The highest BCUT2D eigenvalue weighted by atomic mass is 16.4. The molecule has 1 aliphatic heterocycles. The van der Waals surface area contributed by atoms with Gasteiger partial charge in [0.2, 0.25) is 0 Å². The molecule has 0 aliphatic carbocycles. The molecule has 0 aromatic rings. The molecular formula is C15H30N2O2. The number of piperidine rings is 1. The van der Waals surface area contributed by atoms with Crippen molar-refractivity contribution in [2.45, 2.75) is 65.0 Å². The minimum Gasteiger partial charge on any atom is -0.480 e. The van der Waals surface area contributed by atoms with Gasteiger partial charge in [-0.05, 0) is 65.1 Å². The predicted molar refractivity (Wildman–Crippen MR) is 78.4 cm³/mol. The summed E-state index contributed by atoms with van der Waals surface area (Å²) in [6, 6.07) is 0.629. The lowest BCUT2D eigenvalue weighted by Crippen LogP contribution is -2.50. The Balaban J connectivity index is 2.41. The van der Waals surface area contributed by atoms with Crippen molar-refractivity contribution < 1.29 is 9.90 Å². The fourth-order valence-electron chi connectivity index (χ4n) is 3.03. The molecule has 3 atom stereocenters. The first kappa shape index (κ1) is 16.4. The highest BCUT2D eigenvalue weighted by Crippen LogP contribution is 2.23. The molecule has 0 aromatic heterocycles. The molecule has 1 aliphatic rings. The lowest BCUT2D eigenvalue weighted by Gasteiger charge is -2.38. The normalized spacial score (nSPS) is 28.0. The van der Waals surface area contributed by atoms with Crippen LogP contribution in [0.15, 0.2) is 0 Å². The van der Waals surface area contributed by atoms with E-state index in [2.05, 4.69) is 24.1 Å². The summed E-state index contributed by atoms with van der Waals surface area (Å²) >= 11 is 0. The maximum Gasteiger partial charge on any atom is 0.323 e. The molecule has 0 aromatic carbocycles. The summed E-state index contributed by atoms with van der Waals surface area (Å²) in [6.07, 6.45) is 4.22. The number of likely N-dealkylation sites (tertiary alicyclic amines) is 1. The molecule has 0 saturated carbocycles. The molecule has 4 heteroatoms. The maximum atomic E-state index is 11.3. The van der Waals surface area contributed by atoms with Crippen molar-refractivity contribution in [1.29, 1.82) is 0 Å². The van der Waals surface area contributed by atoms with Crippen molar-refractivity contribution in [3.8, 4) is 0 Å². The van der Waals surface area contributed by atoms with E-state index in [9.17, 15) is 9.90 Å². The van der Waals surface area contributed by atoms with Gasteiger partial charge in [-0.1, -0.05) is 13.8 Å². The Hall–Kier alpha value is -0.610. The topological polar surface area (TPSA) is 52.6 Å². The molecule has 0 spiro atoms. The Labute approximate surface area is 117 Å².